The predicted octanol–water partition coefficient (Wildman–Crippen LogP) is 3.43. The Balaban J connectivity index is 2.01. The summed E-state index contributed by atoms with van der Waals surface area (Å²) < 4.78 is 0.863. The molecule has 2 aromatic rings. The van der Waals surface area contributed by atoms with Crippen LogP contribution in [0.25, 0.3) is 0 Å². The quantitative estimate of drug-likeness (QED) is 0.659. The molecule has 0 aliphatic carbocycles. The number of hydrogen-bond acceptors (Lipinski definition) is 2. The van der Waals surface area contributed by atoms with Crippen molar-refractivity contribution < 1.29 is 0 Å². The third kappa shape index (κ3) is 2.12. The fourth-order valence-electron chi connectivity index (χ4n) is 2.50. The van der Waals surface area contributed by atoms with Crippen LogP contribution >= 0.6 is 15.9 Å². The number of para-hydroxylation sites is 1. The van der Waals surface area contributed by atoms with Crippen molar-refractivity contribution in [2.24, 2.45) is 5.73 Å². The molecule has 19 heavy (non-hydrogen) atoms. The van der Waals surface area contributed by atoms with Gasteiger partial charge in [-0.05, 0) is 52.2 Å². The third-order valence-corrected chi connectivity index (χ3v) is 4.10. The molecule has 0 bridgehead atoms. The number of nitrogens with one attached hydrogen (secondary N) is 1. The van der Waals surface area contributed by atoms with Crippen LogP contribution in [-0.4, -0.2) is 12.4 Å². The molecule has 0 aromatic heterocycles. The Bertz CT molecular complexity index is 652. The van der Waals surface area contributed by atoms with E-state index in [0.29, 0.717) is 0 Å². The number of nitrogens with two attached hydrogens (primary N) is 1. The minimum Gasteiger partial charge on any atom is -0.384 e. The van der Waals surface area contributed by atoms with Crippen LogP contribution in [0.1, 0.15) is 11.1 Å². The van der Waals surface area contributed by atoms with Gasteiger partial charge in [0.1, 0.15) is 5.84 Å². The van der Waals surface area contributed by atoms with Crippen LogP contribution in [0, 0.1) is 5.41 Å². The summed E-state index contributed by atoms with van der Waals surface area (Å²) in [6, 6.07) is 14.4. The second kappa shape index (κ2) is 4.70. The van der Waals surface area contributed by atoms with E-state index in [0.717, 1.165) is 28.7 Å². The molecular formula is C15H14BrN3. The van der Waals surface area contributed by atoms with Crippen LogP contribution in [0.15, 0.2) is 46.9 Å². The summed E-state index contributed by atoms with van der Waals surface area (Å²) in [4.78, 5) is 2.30. The van der Waals surface area contributed by atoms with Gasteiger partial charge in [0.15, 0.2) is 0 Å². The van der Waals surface area contributed by atoms with E-state index in [-0.39, 0.29) is 5.84 Å². The van der Waals surface area contributed by atoms with Gasteiger partial charge in [0.05, 0.1) is 0 Å². The zero-order chi connectivity index (χ0) is 13.4. The van der Waals surface area contributed by atoms with E-state index in [1.807, 2.05) is 18.2 Å². The van der Waals surface area contributed by atoms with Gasteiger partial charge in [-0.1, -0.05) is 18.2 Å². The molecule has 1 heterocycles. The zero-order valence-electron chi connectivity index (χ0n) is 10.4. The first-order valence-electron chi connectivity index (χ1n) is 6.16. The first kappa shape index (κ1) is 12.2. The first-order chi connectivity index (χ1) is 9.16. The molecular weight excluding hydrogens is 302 g/mol. The summed E-state index contributed by atoms with van der Waals surface area (Å²) >= 11 is 3.49. The van der Waals surface area contributed by atoms with Crippen molar-refractivity contribution in [3.8, 4) is 0 Å². The van der Waals surface area contributed by atoms with Crippen molar-refractivity contribution >= 4 is 33.1 Å². The third-order valence-electron chi connectivity index (χ3n) is 3.44. The molecule has 0 saturated heterocycles. The van der Waals surface area contributed by atoms with Gasteiger partial charge in [0.2, 0.25) is 0 Å². The van der Waals surface area contributed by atoms with Gasteiger partial charge in [-0.15, -0.1) is 0 Å². The Kier molecular flexibility index (Phi) is 3.03. The van der Waals surface area contributed by atoms with Crippen LogP contribution in [0.4, 0.5) is 11.4 Å². The van der Waals surface area contributed by atoms with E-state index >= 15 is 0 Å². The molecule has 0 spiro atoms. The molecule has 2 aromatic carbocycles. The minimum absolute atomic E-state index is 0.0836. The molecule has 0 unspecified atom stereocenters. The lowest BCUT2D eigenvalue weighted by atomic mass is 10.1. The van der Waals surface area contributed by atoms with Crippen LogP contribution < -0.4 is 10.6 Å². The molecule has 0 amide bonds. The van der Waals surface area contributed by atoms with Crippen molar-refractivity contribution in [1.82, 2.24) is 0 Å². The van der Waals surface area contributed by atoms with Gasteiger partial charge in [-0.2, -0.15) is 0 Å². The highest BCUT2D eigenvalue weighted by Gasteiger charge is 2.20. The summed E-state index contributed by atoms with van der Waals surface area (Å²) in [5, 5.41) is 7.51. The number of anilines is 2. The summed E-state index contributed by atoms with van der Waals surface area (Å²) in [7, 11) is 0. The number of nitrogens with zero attached hydrogens (tertiary/aromatic N) is 1. The highest BCUT2D eigenvalue weighted by Crippen LogP contribution is 2.35. The number of rotatable bonds is 2. The molecule has 3 rings (SSSR count). The summed E-state index contributed by atoms with van der Waals surface area (Å²) in [6.07, 6.45) is 1.07. The average molecular weight is 316 g/mol. The molecule has 3 nitrogen and oxygen atoms in total. The lowest BCUT2D eigenvalue weighted by molar-refractivity contribution is 0.998. The van der Waals surface area contributed by atoms with Gasteiger partial charge < -0.3 is 10.6 Å². The SMILES string of the molecule is N=C(N)c1ccc(N2CCc3ccccc32)cc1Br. The smallest absolute Gasteiger partial charge is 0.123 e. The monoisotopic (exact) mass is 315 g/mol. The van der Waals surface area contributed by atoms with Crippen molar-refractivity contribution in [3.63, 3.8) is 0 Å². The maximum absolute atomic E-state index is 7.51. The number of nitrogen functional groups attached to an aromatic ring is 1. The van der Waals surface area contributed by atoms with Crippen molar-refractivity contribution in [2.45, 2.75) is 6.42 Å². The van der Waals surface area contributed by atoms with Crippen molar-refractivity contribution in [3.05, 3.63) is 58.1 Å². The molecule has 0 fully saturated rings. The largest absolute Gasteiger partial charge is 0.384 e. The lowest BCUT2D eigenvalue weighted by Crippen LogP contribution is -2.15. The minimum atomic E-state index is 0.0836. The fraction of sp³-hybridized carbons (Fsp3) is 0.133. The second-order valence-electron chi connectivity index (χ2n) is 4.61. The highest BCUT2D eigenvalue weighted by atomic mass is 79.9. The molecule has 1 aliphatic rings. The topological polar surface area (TPSA) is 53.1 Å². The Morgan fingerprint density at radius 2 is 2.00 bits per heavy atom. The number of halogens is 1. The number of amidine groups is 1. The molecule has 0 radical (unpaired) electrons. The summed E-state index contributed by atoms with van der Waals surface area (Å²) in [5.41, 5.74) is 10.0. The Morgan fingerprint density at radius 1 is 1.21 bits per heavy atom. The number of benzene rings is 2. The molecule has 4 heteroatoms. The second-order valence-corrected chi connectivity index (χ2v) is 5.46. The van der Waals surface area contributed by atoms with Crippen molar-refractivity contribution in [2.75, 3.05) is 11.4 Å². The molecule has 3 N–H and O–H groups in total. The molecule has 1 aliphatic heterocycles. The fourth-order valence-corrected chi connectivity index (χ4v) is 3.08. The lowest BCUT2D eigenvalue weighted by Gasteiger charge is -2.20. The van der Waals surface area contributed by atoms with E-state index < -0.39 is 0 Å². The maximum atomic E-state index is 7.51. The van der Waals surface area contributed by atoms with E-state index in [2.05, 4.69) is 45.1 Å². The van der Waals surface area contributed by atoms with Crippen LogP contribution in [0.5, 0.6) is 0 Å². The highest BCUT2D eigenvalue weighted by molar-refractivity contribution is 9.10. The Hall–Kier alpha value is -1.81. The Morgan fingerprint density at radius 3 is 2.74 bits per heavy atom. The van der Waals surface area contributed by atoms with Gasteiger partial charge >= 0.3 is 0 Å². The maximum Gasteiger partial charge on any atom is 0.123 e. The Labute approximate surface area is 120 Å². The number of hydrogen-bond donors (Lipinski definition) is 2. The van der Waals surface area contributed by atoms with Gasteiger partial charge in [-0.3, -0.25) is 5.41 Å². The van der Waals surface area contributed by atoms with E-state index in [1.165, 1.54) is 11.3 Å². The number of fused-ring (bicyclic) bond motifs is 1. The standard InChI is InChI=1S/C15H14BrN3/c16-13-9-11(5-6-12(13)15(17)18)19-8-7-10-3-1-2-4-14(10)19/h1-6,9H,7-8H2,(H3,17,18). The summed E-state index contributed by atoms with van der Waals surface area (Å²) in [6.45, 7) is 0.991. The van der Waals surface area contributed by atoms with E-state index in [1.54, 1.807) is 0 Å². The van der Waals surface area contributed by atoms with Gasteiger partial charge in [0.25, 0.3) is 0 Å². The van der Waals surface area contributed by atoms with E-state index in [4.69, 9.17) is 11.1 Å². The van der Waals surface area contributed by atoms with Crippen molar-refractivity contribution in [1.29, 1.82) is 5.41 Å². The molecule has 0 atom stereocenters. The van der Waals surface area contributed by atoms with E-state index in [9.17, 15) is 0 Å². The van der Waals surface area contributed by atoms with Gasteiger partial charge in [-0.25, -0.2) is 0 Å². The predicted molar refractivity (Wildman–Crippen MR) is 82.3 cm³/mol. The van der Waals surface area contributed by atoms with Crippen LogP contribution in [0.2, 0.25) is 0 Å². The summed E-state index contributed by atoms with van der Waals surface area (Å²) in [5.74, 6) is 0.0836. The molecule has 96 valence electrons. The van der Waals surface area contributed by atoms with Gasteiger partial charge in [0, 0.05) is 28.0 Å². The zero-order valence-corrected chi connectivity index (χ0v) is 11.9. The normalized spacial score (nSPS) is 13.4. The average Bonchev–Trinajstić information content (AvgIpc) is 2.82. The van der Waals surface area contributed by atoms with Crippen LogP contribution in [0.3, 0.4) is 0 Å². The first-order valence-corrected chi connectivity index (χ1v) is 6.95. The van der Waals surface area contributed by atoms with Crippen LogP contribution in [-0.2, 0) is 6.42 Å². The molecule has 0 saturated carbocycles.